The molecule has 1 aromatic rings. The molecule has 2 heterocycles. The van der Waals surface area contributed by atoms with Gasteiger partial charge in [0, 0.05) is 24.2 Å². The topological polar surface area (TPSA) is 29.9 Å². The first-order chi connectivity index (χ1) is 8.54. The van der Waals surface area contributed by atoms with E-state index in [-0.39, 0.29) is 0 Å². The van der Waals surface area contributed by atoms with Crippen LogP contribution in [0, 0.1) is 12.8 Å². The third-order valence-electron chi connectivity index (χ3n) is 3.94. The first-order valence-electron chi connectivity index (χ1n) is 7.33. The molecule has 0 radical (unpaired) electrons. The molecule has 1 aromatic heterocycles. The van der Waals surface area contributed by atoms with E-state index in [1.807, 2.05) is 0 Å². The monoisotopic (exact) mass is 249 g/mol. The van der Waals surface area contributed by atoms with E-state index < -0.39 is 0 Å². The molecule has 0 saturated carbocycles. The van der Waals surface area contributed by atoms with Gasteiger partial charge in [0.2, 0.25) is 0 Å². The van der Waals surface area contributed by atoms with Gasteiger partial charge in [-0.1, -0.05) is 13.8 Å². The zero-order chi connectivity index (χ0) is 13.2. The van der Waals surface area contributed by atoms with Gasteiger partial charge < -0.3 is 5.32 Å². The lowest BCUT2D eigenvalue weighted by Gasteiger charge is -2.31. The van der Waals surface area contributed by atoms with Gasteiger partial charge in [-0.15, -0.1) is 0 Å². The standard InChI is InChI=1S/C15H27N3/c1-5-18-14(9-13(4)17-18)11-15(10-12(2)3)7-6-8-16-15/h9,12,16H,5-8,10-11H2,1-4H3. The summed E-state index contributed by atoms with van der Waals surface area (Å²) in [5.41, 5.74) is 2.85. The smallest absolute Gasteiger partial charge is 0.0596 e. The number of rotatable bonds is 5. The van der Waals surface area contributed by atoms with Crippen molar-refractivity contribution in [2.24, 2.45) is 5.92 Å². The van der Waals surface area contributed by atoms with Crippen LogP contribution in [0.5, 0.6) is 0 Å². The minimum atomic E-state index is 0.313. The van der Waals surface area contributed by atoms with Crippen LogP contribution in [0.2, 0.25) is 0 Å². The molecule has 1 unspecified atom stereocenters. The van der Waals surface area contributed by atoms with Gasteiger partial charge in [0.15, 0.2) is 0 Å². The summed E-state index contributed by atoms with van der Waals surface area (Å²) in [6.07, 6.45) is 5.01. The number of hydrogen-bond donors (Lipinski definition) is 1. The van der Waals surface area contributed by atoms with Crippen LogP contribution in [0.15, 0.2) is 6.07 Å². The highest BCUT2D eigenvalue weighted by Gasteiger charge is 2.35. The van der Waals surface area contributed by atoms with Crippen molar-refractivity contribution in [1.82, 2.24) is 15.1 Å². The molecule has 1 N–H and O–H groups in total. The van der Waals surface area contributed by atoms with Crippen LogP contribution in [-0.4, -0.2) is 21.9 Å². The zero-order valence-corrected chi connectivity index (χ0v) is 12.3. The lowest BCUT2D eigenvalue weighted by molar-refractivity contribution is 0.295. The molecule has 2 rings (SSSR count). The Balaban J connectivity index is 2.17. The molecule has 0 aromatic carbocycles. The van der Waals surface area contributed by atoms with Gasteiger partial charge in [0.05, 0.1) is 5.69 Å². The molecule has 1 aliphatic heterocycles. The van der Waals surface area contributed by atoms with E-state index in [2.05, 4.69) is 48.9 Å². The van der Waals surface area contributed by atoms with Gasteiger partial charge in [0.1, 0.15) is 0 Å². The van der Waals surface area contributed by atoms with Crippen LogP contribution < -0.4 is 5.32 Å². The summed E-state index contributed by atoms with van der Waals surface area (Å²) in [5.74, 6) is 0.745. The molecule has 1 saturated heterocycles. The molecule has 0 amide bonds. The summed E-state index contributed by atoms with van der Waals surface area (Å²) < 4.78 is 2.16. The lowest BCUT2D eigenvalue weighted by atomic mass is 9.83. The molecule has 1 fully saturated rings. The van der Waals surface area contributed by atoms with Gasteiger partial charge in [0.25, 0.3) is 0 Å². The van der Waals surface area contributed by atoms with Gasteiger partial charge in [-0.3, -0.25) is 4.68 Å². The molecule has 18 heavy (non-hydrogen) atoms. The minimum Gasteiger partial charge on any atom is -0.311 e. The Kier molecular flexibility index (Phi) is 4.10. The second-order valence-electron chi connectivity index (χ2n) is 6.18. The molecule has 0 spiro atoms. The van der Waals surface area contributed by atoms with Crippen molar-refractivity contribution < 1.29 is 0 Å². The molecular formula is C15H27N3. The fraction of sp³-hybridized carbons (Fsp3) is 0.800. The van der Waals surface area contributed by atoms with E-state index in [4.69, 9.17) is 0 Å². The SMILES string of the molecule is CCn1nc(C)cc1CC1(CC(C)C)CCCN1. The highest BCUT2D eigenvalue weighted by molar-refractivity contribution is 5.14. The van der Waals surface area contributed by atoms with E-state index in [0.717, 1.165) is 24.6 Å². The second kappa shape index (κ2) is 5.43. The van der Waals surface area contributed by atoms with Gasteiger partial charge in [-0.2, -0.15) is 5.10 Å². The molecule has 102 valence electrons. The molecule has 3 heteroatoms. The minimum absolute atomic E-state index is 0.313. The molecule has 1 atom stereocenters. The first-order valence-corrected chi connectivity index (χ1v) is 7.33. The normalized spacial score (nSPS) is 24.1. The summed E-state index contributed by atoms with van der Waals surface area (Å²) in [5, 5.41) is 8.34. The van der Waals surface area contributed by atoms with Crippen LogP contribution >= 0.6 is 0 Å². The van der Waals surface area contributed by atoms with E-state index in [1.54, 1.807) is 0 Å². The zero-order valence-electron chi connectivity index (χ0n) is 12.3. The molecular weight excluding hydrogens is 222 g/mol. The Morgan fingerprint density at radius 1 is 1.50 bits per heavy atom. The van der Waals surface area contributed by atoms with Gasteiger partial charge in [-0.25, -0.2) is 0 Å². The largest absolute Gasteiger partial charge is 0.311 e. The van der Waals surface area contributed by atoms with E-state index in [9.17, 15) is 0 Å². The summed E-state index contributed by atoms with van der Waals surface area (Å²) >= 11 is 0. The fourth-order valence-corrected chi connectivity index (χ4v) is 3.41. The third kappa shape index (κ3) is 2.94. The maximum absolute atomic E-state index is 4.57. The lowest BCUT2D eigenvalue weighted by Crippen LogP contribution is -2.43. The predicted molar refractivity (Wildman–Crippen MR) is 75.8 cm³/mol. The van der Waals surface area contributed by atoms with Crippen LogP contribution in [0.1, 0.15) is 51.4 Å². The Morgan fingerprint density at radius 3 is 2.83 bits per heavy atom. The summed E-state index contributed by atoms with van der Waals surface area (Å²) in [4.78, 5) is 0. The Morgan fingerprint density at radius 2 is 2.28 bits per heavy atom. The van der Waals surface area contributed by atoms with Gasteiger partial charge >= 0.3 is 0 Å². The number of aromatic nitrogens is 2. The van der Waals surface area contributed by atoms with Crippen molar-refractivity contribution in [3.63, 3.8) is 0 Å². The first kappa shape index (κ1) is 13.6. The summed E-state index contributed by atoms with van der Waals surface area (Å²) in [7, 11) is 0. The van der Waals surface area contributed by atoms with E-state index in [0.29, 0.717) is 5.54 Å². The molecule has 0 aliphatic carbocycles. The van der Waals surface area contributed by atoms with Crippen molar-refractivity contribution in [2.75, 3.05) is 6.54 Å². The summed E-state index contributed by atoms with van der Waals surface area (Å²) in [6, 6.07) is 2.26. The van der Waals surface area contributed by atoms with Crippen molar-refractivity contribution in [1.29, 1.82) is 0 Å². The van der Waals surface area contributed by atoms with Crippen molar-refractivity contribution in [2.45, 2.75) is 65.5 Å². The number of nitrogens with one attached hydrogen (secondary N) is 1. The van der Waals surface area contributed by atoms with Crippen molar-refractivity contribution >= 4 is 0 Å². The second-order valence-corrected chi connectivity index (χ2v) is 6.18. The van der Waals surface area contributed by atoms with Crippen molar-refractivity contribution in [3.8, 4) is 0 Å². The highest BCUT2D eigenvalue weighted by Crippen LogP contribution is 2.30. The van der Waals surface area contributed by atoms with E-state index in [1.165, 1.54) is 31.5 Å². The third-order valence-corrected chi connectivity index (χ3v) is 3.94. The Labute approximate surface area is 111 Å². The average molecular weight is 249 g/mol. The number of aryl methyl sites for hydroxylation is 2. The van der Waals surface area contributed by atoms with Gasteiger partial charge in [-0.05, 0) is 51.6 Å². The molecule has 1 aliphatic rings. The summed E-state index contributed by atoms with van der Waals surface area (Å²) in [6.45, 7) is 11.1. The number of nitrogens with zero attached hydrogens (tertiary/aromatic N) is 2. The quantitative estimate of drug-likeness (QED) is 0.869. The number of hydrogen-bond acceptors (Lipinski definition) is 2. The molecule has 3 nitrogen and oxygen atoms in total. The van der Waals surface area contributed by atoms with Crippen LogP contribution in [0.25, 0.3) is 0 Å². The van der Waals surface area contributed by atoms with Crippen LogP contribution in [0.4, 0.5) is 0 Å². The van der Waals surface area contributed by atoms with Crippen LogP contribution in [0.3, 0.4) is 0 Å². The maximum atomic E-state index is 4.57. The predicted octanol–water partition coefficient (Wildman–Crippen LogP) is 2.92. The average Bonchev–Trinajstić information content (AvgIpc) is 2.85. The fourth-order valence-electron chi connectivity index (χ4n) is 3.41. The van der Waals surface area contributed by atoms with Crippen LogP contribution in [-0.2, 0) is 13.0 Å². The maximum Gasteiger partial charge on any atom is 0.0596 e. The Hall–Kier alpha value is -0.830. The Bertz CT molecular complexity index is 386. The van der Waals surface area contributed by atoms with E-state index >= 15 is 0 Å². The van der Waals surface area contributed by atoms with Crippen molar-refractivity contribution in [3.05, 3.63) is 17.5 Å². The molecule has 0 bridgehead atoms. The highest BCUT2D eigenvalue weighted by atomic mass is 15.3.